The summed E-state index contributed by atoms with van der Waals surface area (Å²) < 4.78 is 10.8. The first-order valence-corrected chi connectivity index (χ1v) is 11.1. The highest BCUT2D eigenvalue weighted by atomic mass is 32.2. The van der Waals surface area contributed by atoms with E-state index in [0.29, 0.717) is 44.4 Å². The minimum atomic E-state index is -0.409. The van der Waals surface area contributed by atoms with E-state index in [-0.39, 0.29) is 17.6 Å². The van der Waals surface area contributed by atoms with Crippen LogP contribution in [0.4, 0.5) is 10.8 Å². The SMILES string of the molecule is CCOC(=O)c1ccc(NC(=O)CSc2nnc(NC(=O)c3cc(C)oc3C)s2)cc1. The van der Waals surface area contributed by atoms with Gasteiger partial charge < -0.3 is 14.5 Å². The smallest absolute Gasteiger partial charge is 0.338 e. The standard InChI is InChI=1S/C20H20N4O5S2/c1-4-28-18(27)13-5-7-14(8-6-13)21-16(25)10-30-20-24-23-19(31-20)22-17(26)15-9-11(2)29-12(15)3/h5-9H,4,10H2,1-3H3,(H,21,25)(H,22,23,26). The van der Waals surface area contributed by atoms with Gasteiger partial charge >= 0.3 is 5.97 Å². The number of carbonyl (C=O) groups excluding carboxylic acids is 3. The number of rotatable bonds is 8. The molecule has 9 nitrogen and oxygen atoms in total. The van der Waals surface area contributed by atoms with Crippen LogP contribution in [0.5, 0.6) is 0 Å². The van der Waals surface area contributed by atoms with Crippen LogP contribution in [0.25, 0.3) is 0 Å². The number of nitrogens with one attached hydrogen (secondary N) is 2. The minimum Gasteiger partial charge on any atom is -0.466 e. The van der Waals surface area contributed by atoms with Gasteiger partial charge in [-0.1, -0.05) is 23.1 Å². The zero-order valence-electron chi connectivity index (χ0n) is 17.1. The molecule has 0 aliphatic rings. The van der Waals surface area contributed by atoms with Crippen LogP contribution in [0.3, 0.4) is 0 Å². The molecule has 1 aromatic carbocycles. The Balaban J connectivity index is 1.49. The Morgan fingerprint density at radius 2 is 1.87 bits per heavy atom. The maximum absolute atomic E-state index is 12.3. The second-order valence-corrected chi connectivity index (χ2v) is 8.49. The predicted octanol–water partition coefficient (Wildman–Crippen LogP) is 3.91. The van der Waals surface area contributed by atoms with E-state index >= 15 is 0 Å². The summed E-state index contributed by atoms with van der Waals surface area (Å²) in [6.07, 6.45) is 0. The number of hydrogen-bond donors (Lipinski definition) is 2. The number of esters is 1. The molecule has 162 valence electrons. The average molecular weight is 461 g/mol. The van der Waals surface area contributed by atoms with E-state index in [2.05, 4.69) is 20.8 Å². The second-order valence-electron chi connectivity index (χ2n) is 6.29. The molecule has 2 heterocycles. The Morgan fingerprint density at radius 3 is 2.52 bits per heavy atom. The zero-order valence-corrected chi connectivity index (χ0v) is 18.7. The van der Waals surface area contributed by atoms with Crippen LogP contribution >= 0.6 is 23.1 Å². The Morgan fingerprint density at radius 1 is 1.13 bits per heavy atom. The molecule has 0 radical (unpaired) electrons. The number of amides is 2. The van der Waals surface area contributed by atoms with Crippen molar-refractivity contribution in [3.8, 4) is 0 Å². The molecule has 0 spiro atoms. The van der Waals surface area contributed by atoms with Crippen LogP contribution in [0.2, 0.25) is 0 Å². The van der Waals surface area contributed by atoms with Crippen molar-refractivity contribution in [3.05, 3.63) is 53.0 Å². The fraction of sp³-hybridized carbons (Fsp3) is 0.250. The number of aromatic nitrogens is 2. The number of furan rings is 1. The molecule has 11 heteroatoms. The lowest BCUT2D eigenvalue weighted by Crippen LogP contribution is -2.14. The average Bonchev–Trinajstić information content (AvgIpc) is 3.32. The summed E-state index contributed by atoms with van der Waals surface area (Å²) in [6, 6.07) is 8.10. The lowest BCUT2D eigenvalue weighted by Gasteiger charge is -2.06. The van der Waals surface area contributed by atoms with Crippen molar-refractivity contribution < 1.29 is 23.5 Å². The highest BCUT2D eigenvalue weighted by molar-refractivity contribution is 8.01. The maximum Gasteiger partial charge on any atom is 0.338 e. The highest BCUT2D eigenvalue weighted by Gasteiger charge is 2.16. The molecular formula is C20H20N4O5S2. The van der Waals surface area contributed by atoms with Gasteiger partial charge in [0.1, 0.15) is 11.5 Å². The van der Waals surface area contributed by atoms with Gasteiger partial charge in [0.05, 0.1) is 23.5 Å². The molecule has 0 aliphatic heterocycles. The molecule has 2 aromatic heterocycles. The Hall–Kier alpha value is -3.18. The quantitative estimate of drug-likeness (QED) is 0.295. The van der Waals surface area contributed by atoms with Crippen molar-refractivity contribution in [1.29, 1.82) is 0 Å². The van der Waals surface area contributed by atoms with Crippen molar-refractivity contribution in [1.82, 2.24) is 10.2 Å². The number of hydrogen-bond acceptors (Lipinski definition) is 9. The fourth-order valence-electron chi connectivity index (χ4n) is 2.57. The summed E-state index contributed by atoms with van der Waals surface area (Å²) in [4.78, 5) is 36.1. The molecule has 3 rings (SSSR count). The van der Waals surface area contributed by atoms with Crippen LogP contribution in [-0.4, -0.2) is 40.3 Å². The van der Waals surface area contributed by atoms with Crippen molar-refractivity contribution in [2.75, 3.05) is 23.0 Å². The normalized spacial score (nSPS) is 10.5. The number of thioether (sulfide) groups is 1. The van der Waals surface area contributed by atoms with Crippen LogP contribution in [-0.2, 0) is 9.53 Å². The zero-order chi connectivity index (χ0) is 22.4. The van der Waals surface area contributed by atoms with Crippen molar-refractivity contribution >= 4 is 51.7 Å². The molecule has 31 heavy (non-hydrogen) atoms. The van der Waals surface area contributed by atoms with Crippen LogP contribution < -0.4 is 10.6 Å². The molecule has 3 aromatic rings. The van der Waals surface area contributed by atoms with Gasteiger partial charge in [-0.05, 0) is 51.1 Å². The predicted molar refractivity (Wildman–Crippen MR) is 118 cm³/mol. The largest absolute Gasteiger partial charge is 0.466 e. The molecule has 0 atom stereocenters. The molecule has 0 unspecified atom stereocenters. The third-order valence-corrected chi connectivity index (χ3v) is 5.89. The summed E-state index contributed by atoms with van der Waals surface area (Å²) in [5, 5.41) is 13.7. The first-order valence-electron chi connectivity index (χ1n) is 9.27. The molecule has 0 fully saturated rings. The molecular weight excluding hydrogens is 440 g/mol. The summed E-state index contributed by atoms with van der Waals surface area (Å²) >= 11 is 2.38. The summed E-state index contributed by atoms with van der Waals surface area (Å²) in [7, 11) is 0. The van der Waals surface area contributed by atoms with Gasteiger partial charge in [0.25, 0.3) is 5.91 Å². The monoisotopic (exact) mass is 460 g/mol. The van der Waals surface area contributed by atoms with Crippen molar-refractivity contribution in [3.63, 3.8) is 0 Å². The number of anilines is 2. The lowest BCUT2D eigenvalue weighted by molar-refractivity contribution is -0.113. The van der Waals surface area contributed by atoms with Crippen LogP contribution in [0.15, 0.2) is 39.1 Å². The molecule has 0 saturated heterocycles. The molecule has 0 aliphatic carbocycles. The fourth-order valence-corrected chi connectivity index (χ4v) is 4.11. The van der Waals surface area contributed by atoms with E-state index < -0.39 is 5.97 Å². The summed E-state index contributed by atoms with van der Waals surface area (Å²) in [5.41, 5.74) is 1.42. The number of carbonyl (C=O) groups is 3. The maximum atomic E-state index is 12.3. The number of aryl methyl sites for hydroxylation is 2. The Labute approximate surface area is 186 Å². The van der Waals surface area contributed by atoms with Gasteiger partial charge in [-0.3, -0.25) is 14.9 Å². The number of ether oxygens (including phenoxy) is 1. The van der Waals surface area contributed by atoms with E-state index in [4.69, 9.17) is 9.15 Å². The van der Waals surface area contributed by atoms with Gasteiger partial charge in [-0.25, -0.2) is 4.79 Å². The summed E-state index contributed by atoms with van der Waals surface area (Å²) in [5.74, 6) is 0.319. The van der Waals surface area contributed by atoms with Crippen molar-refractivity contribution in [2.45, 2.75) is 25.1 Å². The molecule has 0 saturated carbocycles. The molecule has 0 bridgehead atoms. The van der Waals surface area contributed by atoms with E-state index in [1.807, 2.05) is 0 Å². The summed E-state index contributed by atoms with van der Waals surface area (Å²) in [6.45, 7) is 5.52. The first-order chi connectivity index (χ1) is 14.9. The van der Waals surface area contributed by atoms with Gasteiger partial charge in [0.2, 0.25) is 11.0 Å². The topological polar surface area (TPSA) is 123 Å². The third-order valence-electron chi connectivity index (χ3n) is 3.92. The Bertz CT molecular complexity index is 1090. The lowest BCUT2D eigenvalue weighted by atomic mass is 10.2. The highest BCUT2D eigenvalue weighted by Crippen LogP contribution is 2.26. The van der Waals surface area contributed by atoms with E-state index in [0.717, 1.165) is 0 Å². The van der Waals surface area contributed by atoms with Gasteiger partial charge in [-0.15, -0.1) is 10.2 Å². The van der Waals surface area contributed by atoms with Gasteiger partial charge in [-0.2, -0.15) is 0 Å². The third kappa shape index (κ3) is 6.15. The van der Waals surface area contributed by atoms with Gasteiger partial charge in [0.15, 0.2) is 4.34 Å². The minimum absolute atomic E-state index is 0.113. The van der Waals surface area contributed by atoms with E-state index in [9.17, 15) is 14.4 Å². The first kappa shape index (κ1) is 22.5. The second kappa shape index (κ2) is 10.2. The molecule has 2 N–H and O–H groups in total. The van der Waals surface area contributed by atoms with Gasteiger partial charge in [0, 0.05) is 5.69 Å². The van der Waals surface area contributed by atoms with E-state index in [1.165, 1.54) is 23.1 Å². The van der Waals surface area contributed by atoms with Crippen molar-refractivity contribution in [2.24, 2.45) is 0 Å². The number of benzene rings is 1. The van der Waals surface area contributed by atoms with E-state index in [1.54, 1.807) is 51.1 Å². The molecule has 2 amide bonds. The Kier molecular flexibility index (Phi) is 7.42. The van der Waals surface area contributed by atoms with Crippen LogP contribution in [0.1, 0.15) is 39.2 Å². The van der Waals surface area contributed by atoms with Crippen LogP contribution in [0, 0.1) is 13.8 Å². The number of nitrogens with zero attached hydrogens (tertiary/aromatic N) is 2.